The van der Waals surface area contributed by atoms with Crippen LogP contribution in [0.1, 0.15) is 13.8 Å². The van der Waals surface area contributed by atoms with Gasteiger partial charge in [-0.1, -0.05) is 0 Å². The Balaban J connectivity index is 1.83. The van der Waals surface area contributed by atoms with Gasteiger partial charge in [-0.05, 0) is 26.8 Å². The molecule has 2 saturated heterocycles. The fourth-order valence-corrected chi connectivity index (χ4v) is 2.34. The van der Waals surface area contributed by atoms with Crippen molar-refractivity contribution in [3.8, 4) is 0 Å². The minimum atomic E-state index is 0.357. The van der Waals surface area contributed by atoms with E-state index in [4.69, 9.17) is 0 Å². The molecule has 2 aliphatic rings. The molecule has 3 nitrogen and oxygen atoms in total. The van der Waals surface area contributed by atoms with Crippen LogP contribution in [0.5, 0.6) is 0 Å². The summed E-state index contributed by atoms with van der Waals surface area (Å²) in [5, 5.41) is 3.34. The summed E-state index contributed by atoms with van der Waals surface area (Å²) in [6.07, 6.45) is 0. The molecule has 0 spiro atoms. The highest BCUT2D eigenvalue weighted by atomic mass is 15.3. The van der Waals surface area contributed by atoms with Crippen LogP contribution in [0.2, 0.25) is 0 Å². The van der Waals surface area contributed by atoms with Gasteiger partial charge in [0.05, 0.1) is 0 Å². The zero-order valence-electron chi connectivity index (χ0n) is 9.71. The quantitative estimate of drug-likeness (QED) is 0.684. The molecule has 2 fully saturated rings. The smallest absolute Gasteiger partial charge is 0.0277 e. The molecule has 1 N–H and O–H groups in total. The van der Waals surface area contributed by atoms with Gasteiger partial charge in [0.1, 0.15) is 0 Å². The maximum Gasteiger partial charge on any atom is 0.0277 e. The van der Waals surface area contributed by atoms with Gasteiger partial charge < -0.3 is 5.32 Å². The van der Waals surface area contributed by atoms with Crippen LogP contribution in [0.25, 0.3) is 0 Å². The first-order valence-corrected chi connectivity index (χ1v) is 5.72. The van der Waals surface area contributed by atoms with E-state index in [0.717, 1.165) is 5.92 Å². The summed E-state index contributed by atoms with van der Waals surface area (Å²) in [7, 11) is 2.24. The molecule has 0 amide bonds. The van der Waals surface area contributed by atoms with Crippen LogP contribution in [-0.2, 0) is 0 Å². The minimum absolute atomic E-state index is 0.357. The van der Waals surface area contributed by atoms with E-state index in [-0.39, 0.29) is 0 Å². The van der Waals surface area contributed by atoms with Crippen molar-refractivity contribution in [2.24, 2.45) is 5.92 Å². The molecular formula is C11H23N3. The summed E-state index contributed by atoms with van der Waals surface area (Å²) in [5.41, 5.74) is 0.357. The van der Waals surface area contributed by atoms with Gasteiger partial charge in [0.25, 0.3) is 0 Å². The highest BCUT2D eigenvalue weighted by molar-refractivity contribution is 4.90. The van der Waals surface area contributed by atoms with Crippen molar-refractivity contribution < 1.29 is 0 Å². The molecule has 0 saturated carbocycles. The molecule has 0 radical (unpaired) electrons. The highest BCUT2D eigenvalue weighted by Gasteiger charge is 2.32. The zero-order valence-corrected chi connectivity index (χ0v) is 9.71. The van der Waals surface area contributed by atoms with Crippen LogP contribution in [0, 0.1) is 5.92 Å². The molecule has 2 aliphatic heterocycles. The second-order valence-electron chi connectivity index (χ2n) is 5.49. The molecule has 0 aromatic heterocycles. The molecule has 0 bridgehead atoms. The number of piperazine rings is 1. The number of nitrogens with one attached hydrogen (secondary N) is 1. The largest absolute Gasteiger partial charge is 0.316 e. The third kappa shape index (κ3) is 2.10. The molecule has 2 heterocycles. The number of nitrogens with zero attached hydrogens (tertiary/aromatic N) is 2. The molecule has 0 atom stereocenters. The molecule has 2 rings (SSSR count). The zero-order chi connectivity index (χ0) is 10.2. The lowest BCUT2D eigenvalue weighted by atomic mass is 9.97. The van der Waals surface area contributed by atoms with E-state index in [1.54, 1.807) is 0 Å². The van der Waals surface area contributed by atoms with Crippen molar-refractivity contribution in [2.75, 3.05) is 46.3 Å². The second-order valence-corrected chi connectivity index (χ2v) is 5.49. The fraction of sp³-hybridized carbons (Fsp3) is 1.00. The number of rotatable bonds is 2. The second kappa shape index (κ2) is 3.80. The molecule has 0 aliphatic carbocycles. The molecule has 0 aromatic rings. The monoisotopic (exact) mass is 197 g/mol. The van der Waals surface area contributed by atoms with Gasteiger partial charge in [0.15, 0.2) is 0 Å². The summed E-state index contributed by atoms with van der Waals surface area (Å²) >= 11 is 0. The third-order valence-corrected chi connectivity index (χ3v) is 3.78. The lowest BCUT2D eigenvalue weighted by Gasteiger charge is -2.47. The first-order chi connectivity index (χ1) is 6.58. The Bertz CT molecular complexity index is 199. The minimum Gasteiger partial charge on any atom is -0.316 e. The Morgan fingerprint density at radius 2 is 2.00 bits per heavy atom. The van der Waals surface area contributed by atoms with Gasteiger partial charge in [-0.15, -0.1) is 0 Å². The first-order valence-electron chi connectivity index (χ1n) is 5.72. The van der Waals surface area contributed by atoms with Crippen LogP contribution < -0.4 is 5.32 Å². The van der Waals surface area contributed by atoms with E-state index in [2.05, 4.69) is 36.0 Å². The Labute approximate surface area is 87.4 Å². The molecule has 0 unspecified atom stereocenters. The van der Waals surface area contributed by atoms with Crippen molar-refractivity contribution in [3.05, 3.63) is 0 Å². The lowest BCUT2D eigenvalue weighted by molar-refractivity contribution is 0.0275. The molecule has 0 aromatic carbocycles. The predicted molar refractivity (Wildman–Crippen MR) is 59.5 cm³/mol. The number of likely N-dealkylation sites (N-methyl/N-ethyl adjacent to an activating group) is 1. The van der Waals surface area contributed by atoms with Crippen molar-refractivity contribution in [1.29, 1.82) is 0 Å². The summed E-state index contributed by atoms with van der Waals surface area (Å²) in [4.78, 5) is 5.11. The van der Waals surface area contributed by atoms with E-state index in [1.807, 2.05) is 0 Å². The summed E-state index contributed by atoms with van der Waals surface area (Å²) < 4.78 is 0. The number of hydrogen-bond donors (Lipinski definition) is 1. The van der Waals surface area contributed by atoms with Crippen molar-refractivity contribution in [1.82, 2.24) is 15.1 Å². The molecule has 3 heteroatoms. The van der Waals surface area contributed by atoms with Crippen molar-refractivity contribution >= 4 is 0 Å². The van der Waals surface area contributed by atoms with Crippen LogP contribution in [-0.4, -0.2) is 61.7 Å². The highest BCUT2D eigenvalue weighted by Crippen LogP contribution is 2.20. The molecule has 82 valence electrons. The van der Waals surface area contributed by atoms with E-state index < -0.39 is 0 Å². The van der Waals surface area contributed by atoms with Crippen molar-refractivity contribution in [3.63, 3.8) is 0 Å². The summed E-state index contributed by atoms with van der Waals surface area (Å²) in [6.45, 7) is 12.1. The molecular weight excluding hydrogens is 174 g/mol. The SMILES string of the molecule is CN1CCN(CC2CNC2)CC1(C)C. The average molecular weight is 197 g/mol. The van der Waals surface area contributed by atoms with E-state index >= 15 is 0 Å². The van der Waals surface area contributed by atoms with Crippen LogP contribution in [0.3, 0.4) is 0 Å². The maximum absolute atomic E-state index is 3.34. The van der Waals surface area contributed by atoms with E-state index in [9.17, 15) is 0 Å². The summed E-state index contributed by atoms with van der Waals surface area (Å²) in [5.74, 6) is 0.911. The van der Waals surface area contributed by atoms with Crippen LogP contribution in [0.4, 0.5) is 0 Å². The van der Waals surface area contributed by atoms with Gasteiger partial charge >= 0.3 is 0 Å². The van der Waals surface area contributed by atoms with Gasteiger partial charge in [0, 0.05) is 44.8 Å². The standard InChI is InChI=1S/C11H23N3/c1-11(2)9-14(5-4-13(11)3)8-10-6-12-7-10/h10,12H,4-9H2,1-3H3. The van der Waals surface area contributed by atoms with Gasteiger partial charge in [-0.2, -0.15) is 0 Å². The van der Waals surface area contributed by atoms with Crippen molar-refractivity contribution in [2.45, 2.75) is 19.4 Å². The Morgan fingerprint density at radius 1 is 1.29 bits per heavy atom. The van der Waals surface area contributed by atoms with Crippen LogP contribution in [0.15, 0.2) is 0 Å². The predicted octanol–water partition coefficient (Wildman–Crippen LogP) is 0.232. The third-order valence-electron chi connectivity index (χ3n) is 3.78. The Hall–Kier alpha value is -0.120. The first kappa shape index (κ1) is 10.4. The number of hydrogen-bond acceptors (Lipinski definition) is 3. The topological polar surface area (TPSA) is 18.5 Å². The Morgan fingerprint density at radius 3 is 2.50 bits per heavy atom. The average Bonchev–Trinajstić information content (AvgIpc) is 2.03. The van der Waals surface area contributed by atoms with E-state index in [1.165, 1.54) is 39.3 Å². The fourth-order valence-electron chi connectivity index (χ4n) is 2.34. The van der Waals surface area contributed by atoms with Gasteiger partial charge in [0.2, 0.25) is 0 Å². The van der Waals surface area contributed by atoms with Gasteiger partial charge in [-0.3, -0.25) is 9.80 Å². The van der Waals surface area contributed by atoms with Crippen LogP contribution >= 0.6 is 0 Å². The Kier molecular flexibility index (Phi) is 2.82. The van der Waals surface area contributed by atoms with Gasteiger partial charge in [-0.25, -0.2) is 0 Å². The normalized spacial score (nSPS) is 30.2. The lowest BCUT2D eigenvalue weighted by Crippen LogP contribution is -2.60. The maximum atomic E-state index is 3.34. The summed E-state index contributed by atoms with van der Waals surface area (Å²) in [6, 6.07) is 0. The van der Waals surface area contributed by atoms with E-state index in [0.29, 0.717) is 5.54 Å². The molecule has 14 heavy (non-hydrogen) atoms.